The van der Waals surface area contributed by atoms with E-state index in [0.717, 1.165) is 6.42 Å². The van der Waals surface area contributed by atoms with Gasteiger partial charge < -0.3 is 14.6 Å². The summed E-state index contributed by atoms with van der Waals surface area (Å²) in [6.45, 7) is 7.44. The van der Waals surface area contributed by atoms with Gasteiger partial charge in [-0.15, -0.1) is 0 Å². The molecule has 0 saturated carbocycles. The predicted octanol–water partition coefficient (Wildman–Crippen LogP) is 0.893. The van der Waals surface area contributed by atoms with Crippen LogP contribution < -0.4 is 0 Å². The first kappa shape index (κ1) is 13.1. The molecule has 0 aromatic rings. The highest BCUT2D eigenvalue weighted by atomic mass is 16.6. The molecule has 0 rings (SSSR count). The van der Waals surface area contributed by atoms with Crippen molar-refractivity contribution in [3.05, 3.63) is 12.2 Å². The Morgan fingerprint density at radius 1 is 1.50 bits per heavy atom. The van der Waals surface area contributed by atoms with Crippen molar-refractivity contribution in [3.63, 3.8) is 0 Å². The van der Waals surface area contributed by atoms with Crippen LogP contribution in [0.5, 0.6) is 0 Å². The average molecular weight is 202 g/mol. The summed E-state index contributed by atoms with van der Waals surface area (Å²) in [5, 5.41) is 8.78. The van der Waals surface area contributed by atoms with Gasteiger partial charge in [0.1, 0.15) is 6.61 Å². The van der Waals surface area contributed by atoms with Gasteiger partial charge in [0.05, 0.1) is 19.3 Å². The molecule has 4 nitrogen and oxygen atoms in total. The summed E-state index contributed by atoms with van der Waals surface area (Å²) in [6.07, 6.45) is 0.573. The summed E-state index contributed by atoms with van der Waals surface area (Å²) in [5.41, 5.74) is 0.374. The van der Waals surface area contributed by atoms with E-state index in [2.05, 4.69) is 6.58 Å². The smallest absolute Gasteiger partial charge is 0.333 e. The largest absolute Gasteiger partial charge is 0.460 e. The molecule has 1 atom stereocenters. The number of carbonyl (C=O) groups is 1. The third-order valence-corrected chi connectivity index (χ3v) is 1.68. The molecule has 82 valence electrons. The summed E-state index contributed by atoms with van der Waals surface area (Å²) >= 11 is 0. The van der Waals surface area contributed by atoms with Gasteiger partial charge in [-0.2, -0.15) is 0 Å². The zero-order chi connectivity index (χ0) is 11.0. The lowest BCUT2D eigenvalue weighted by Gasteiger charge is -2.12. The number of ether oxygens (including phenoxy) is 2. The highest BCUT2D eigenvalue weighted by Crippen LogP contribution is 1.97. The molecular weight excluding hydrogens is 184 g/mol. The number of esters is 1. The topological polar surface area (TPSA) is 55.8 Å². The van der Waals surface area contributed by atoms with Crippen LogP contribution in [0.25, 0.3) is 0 Å². The normalized spacial score (nSPS) is 12.2. The molecule has 0 aliphatic carbocycles. The first-order valence-corrected chi connectivity index (χ1v) is 4.66. The van der Waals surface area contributed by atoms with Crippen molar-refractivity contribution >= 4 is 5.97 Å². The predicted molar refractivity (Wildman–Crippen MR) is 52.9 cm³/mol. The highest BCUT2D eigenvalue weighted by Gasteiger charge is 2.05. The minimum Gasteiger partial charge on any atom is -0.460 e. The zero-order valence-corrected chi connectivity index (χ0v) is 8.78. The van der Waals surface area contributed by atoms with E-state index in [0.29, 0.717) is 12.2 Å². The van der Waals surface area contributed by atoms with E-state index >= 15 is 0 Å². The van der Waals surface area contributed by atoms with E-state index in [1.54, 1.807) is 6.92 Å². The quantitative estimate of drug-likeness (QED) is 0.378. The second-order valence-electron chi connectivity index (χ2n) is 3.00. The third kappa shape index (κ3) is 5.72. The van der Waals surface area contributed by atoms with E-state index in [4.69, 9.17) is 14.6 Å². The molecule has 0 aliphatic heterocycles. The van der Waals surface area contributed by atoms with Gasteiger partial charge >= 0.3 is 5.97 Å². The number of rotatable bonds is 7. The van der Waals surface area contributed by atoms with Crippen LogP contribution in [0.4, 0.5) is 0 Å². The van der Waals surface area contributed by atoms with Crippen LogP contribution in [0, 0.1) is 0 Å². The average Bonchev–Trinajstić information content (AvgIpc) is 2.17. The summed E-state index contributed by atoms with van der Waals surface area (Å²) in [4.78, 5) is 10.9. The Morgan fingerprint density at radius 2 is 2.14 bits per heavy atom. The molecule has 0 aromatic heterocycles. The van der Waals surface area contributed by atoms with Crippen molar-refractivity contribution in [2.24, 2.45) is 0 Å². The first-order chi connectivity index (χ1) is 6.61. The Hall–Kier alpha value is -0.870. The van der Waals surface area contributed by atoms with E-state index in [-0.39, 0.29) is 19.3 Å². The molecule has 0 spiro atoms. The van der Waals surface area contributed by atoms with Gasteiger partial charge in [0.25, 0.3) is 0 Å². The van der Waals surface area contributed by atoms with Crippen LogP contribution in [-0.4, -0.2) is 37.0 Å². The molecule has 14 heavy (non-hydrogen) atoms. The lowest BCUT2D eigenvalue weighted by atomic mass is 10.3. The van der Waals surface area contributed by atoms with Crippen LogP contribution in [0.3, 0.4) is 0 Å². The molecule has 0 fully saturated rings. The zero-order valence-electron chi connectivity index (χ0n) is 8.78. The third-order valence-electron chi connectivity index (χ3n) is 1.68. The van der Waals surface area contributed by atoms with E-state index in [9.17, 15) is 4.79 Å². The lowest BCUT2D eigenvalue weighted by Crippen LogP contribution is -2.20. The number of aliphatic hydroxyl groups excluding tert-OH is 1. The van der Waals surface area contributed by atoms with Gasteiger partial charge in [0.2, 0.25) is 0 Å². The molecule has 0 amide bonds. The lowest BCUT2D eigenvalue weighted by molar-refractivity contribution is -0.141. The Bertz CT molecular complexity index is 185. The number of hydrogen-bond donors (Lipinski definition) is 1. The van der Waals surface area contributed by atoms with Gasteiger partial charge in [0.15, 0.2) is 0 Å². The molecule has 4 heteroatoms. The Morgan fingerprint density at radius 3 is 2.57 bits per heavy atom. The van der Waals surface area contributed by atoms with Gasteiger partial charge in [-0.25, -0.2) is 4.79 Å². The van der Waals surface area contributed by atoms with Crippen molar-refractivity contribution < 1.29 is 19.4 Å². The molecule has 0 radical (unpaired) electrons. The molecule has 1 N–H and O–H groups in total. The van der Waals surface area contributed by atoms with Crippen molar-refractivity contribution in [2.45, 2.75) is 26.4 Å². The number of carbonyl (C=O) groups excluding carboxylic acids is 1. The highest BCUT2D eigenvalue weighted by molar-refractivity contribution is 5.86. The molecular formula is C10H18O4. The van der Waals surface area contributed by atoms with Gasteiger partial charge in [-0.05, 0) is 13.3 Å². The van der Waals surface area contributed by atoms with Crippen LogP contribution in [0.1, 0.15) is 20.3 Å². The summed E-state index contributed by atoms with van der Waals surface area (Å²) in [7, 11) is 0. The maximum absolute atomic E-state index is 10.9. The SMILES string of the molecule is C=C(C)C(=O)OCCOC(CC)CO. The maximum Gasteiger partial charge on any atom is 0.333 e. The second-order valence-corrected chi connectivity index (χ2v) is 3.00. The maximum atomic E-state index is 10.9. The van der Waals surface area contributed by atoms with Gasteiger partial charge in [-0.3, -0.25) is 0 Å². The van der Waals surface area contributed by atoms with Crippen molar-refractivity contribution in [1.29, 1.82) is 0 Å². The van der Waals surface area contributed by atoms with Crippen molar-refractivity contribution in [3.8, 4) is 0 Å². The van der Waals surface area contributed by atoms with Crippen molar-refractivity contribution in [1.82, 2.24) is 0 Å². The van der Waals surface area contributed by atoms with Crippen LogP contribution in [-0.2, 0) is 14.3 Å². The second kappa shape index (κ2) is 7.53. The summed E-state index contributed by atoms with van der Waals surface area (Å²) < 4.78 is 10.0. The van der Waals surface area contributed by atoms with Crippen LogP contribution in [0.2, 0.25) is 0 Å². The van der Waals surface area contributed by atoms with Crippen LogP contribution in [0.15, 0.2) is 12.2 Å². The standard InChI is InChI=1S/C10H18O4/c1-4-9(7-11)13-5-6-14-10(12)8(2)3/h9,11H,2,4-7H2,1,3H3. The molecule has 0 saturated heterocycles. The van der Waals surface area contributed by atoms with Gasteiger partial charge in [-0.1, -0.05) is 13.5 Å². The monoisotopic (exact) mass is 202 g/mol. The van der Waals surface area contributed by atoms with E-state index in [1.165, 1.54) is 0 Å². The minimum atomic E-state index is -0.411. The fourth-order valence-corrected chi connectivity index (χ4v) is 0.772. The Kier molecular flexibility index (Phi) is 7.06. The first-order valence-electron chi connectivity index (χ1n) is 4.66. The molecule has 0 bridgehead atoms. The molecule has 1 unspecified atom stereocenters. The van der Waals surface area contributed by atoms with Gasteiger partial charge in [0, 0.05) is 5.57 Å². The van der Waals surface area contributed by atoms with Crippen molar-refractivity contribution in [2.75, 3.05) is 19.8 Å². The Balaban J connectivity index is 3.46. The Labute approximate surface area is 84.5 Å². The minimum absolute atomic E-state index is 0.00900. The van der Waals surface area contributed by atoms with Crippen LogP contribution >= 0.6 is 0 Å². The molecule has 0 aromatic carbocycles. The molecule has 0 heterocycles. The number of hydrogen-bond acceptors (Lipinski definition) is 4. The molecule has 0 aliphatic rings. The summed E-state index contributed by atoms with van der Waals surface area (Å²) in [6, 6.07) is 0. The fraction of sp³-hybridized carbons (Fsp3) is 0.700. The van der Waals surface area contributed by atoms with E-state index in [1.807, 2.05) is 6.92 Å². The van der Waals surface area contributed by atoms with E-state index < -0.39 is 5.97 Å². The number of aliphatic hydroxyl groups is 1. The fourth-order valence-electron chi connectivity index (χ4n) is 0.772. The summed E-state index contributed by atoms with van der Waals surface area (Å²) in [5.74, 6) is -0.411.